The van der Waals surface area contributed by atoms with E-state index in [1.165, 1.54) is 11.1 Å². The van der Waals surface area contributed by atoms with E-state index in [4.69, 9.17) is 4.42 Å². The standard InChI is InChI=1S/C17H22N2O2/c1-11-6-15-14(10-21-16(15)7-12(11)2)8-17(20)19-5-4-18-9-13(19)3/h6-7,10,13,18H,4-5,8-9H2,1-3H3. The highest BCUT2D eigenvalue weighted by atomic mass is 16.3. The van der Waals surface area contributed by atoms with Crippen molar-refractivity contribution in [3.8, 4) is 0 Å². The van der Waals surface area contributed by atoms with E-state index in [9.17, 15) is 4.79 Å². The van der Waals surface area contributed by atoms with Crippen LogP contribution in [0.3, 0.4) is 0 Å². The Bertz CT molecular complexity index is 675. The zero-order valence-electron chi connectivity index (χ0n) is 12.9. The van der Waals surface area contributed by atoms with Crippen molar-refractivity contribution in [2.75, 3.05) is 19.6 Å². The molecule has 1 amide bonds. The molecule has 1 aliphatic heterocycles. The molecule has 1 aromatic heterocycles. The van der Waals surface area contributed by atoms with E-state index in [-0.39, 0.29) is 11.9 Å². The number of carbonyl (C=O) groups excluding carboxylic acids is 1. The second kappa shape index (κ2) is 5.53. The summed E-state index contributed by atoms with van der Waals surface area (Å²) in [5.41, 5.74) is 4.30. The number of nitrogens with zero attached hydrogens (tertiary/aromatic N) is 1. The second-order valence-electron chi connectivity index (χ2n) is 6.01. The molecular formula is C17H22N2O2. The molecule has 1 N–H and O–H groups in total. The van der Waals surface area contributed by atoms with Crippen molar-refractivity contribution in [2.24, 2.45) is 0 Å². The summed E-state index contributed by atoms with van der Waals surface area (Å²) in [4.78, 5) is 14.5. The predicted molar refractivity (Wildman–Crippen MR) is 83.4 cm³/mol. The Hall–Kier alpha value is -1.81. The van der Waals surface area contributed by atoms with Gasteiger partial charge in [-0.1, -0.05) is 0 Å². The first-order chi connectivity index (χ1) is 10.1. The zero-order valence-corrected chi connectivity index (χ0v) is 12.9. The van der Waals surface area contributed by atoms with Crippen molar-refractivity contribution in [3.63, 3.8) is 0 Å². The summed E-state index contributed by atoms with van der Waals surface area (Å²) < 4.78 is 5.62. The van der Waals surface area contributed by atoms with E-state index in [0.717, 1.165) is 36.2 Å². The molecule has 1 fully saturated rings. The molecule has 0 bridgehead atoms. The zero-order chi connectivity index (χ0) is 15.0. The van der Waals surface area contributed by atoms with Crippen LogP contribution in [0.4, 0.5) is 0 Å². The number of nitrogens with one attached hydrogen (secondary N) is 1. The van der Waals surface area contributed by atoms with Crippen LogP contribution < -0.4 is 5.32 Å². The molecule has 1 aromatic carbocycles. The molecule has 112 valence electrons. The monoisotopic (exact) mass is 286 g/mol. The van der Waals surface area contributed by atoms with Crippen LogP contribution in [0.5, 0.6) is 0 Å². The summed E-state index contributed by atoms with van der Waals surface area (Å²) in [6, 6.07) is 4.43. The first kappa shape index (κ1) is 14.1. The molecule has 3 rings (SSSR count). The third-order valence-corrected chi connectivity index (χ3v) is 4.43. The van der Waals surface area contributed by atoms with Gasteiger partial charge in [-0.2, -0.15) is 0 Å². The molecule has 4 nitrogen and oxygen atoms in total. The summed E-state index contributed by atoms with van der Waals surface area (Å²) >= 11 is 0. The summed E-state index contributed by atoms with van der Waals surface area (Å²) in [6.45, 7) is 8.78. The number of fused-ring (bicyclic) bond motifs is 1. The Labute approximate surface area is 125 Å². The number of aryl methyl sites for hydroxylation is 2. The minimum Gasteiger partial charge on any atom is -0.464 e. The van der Waals surface area contributed by atoms with Gasteiger partial charge in [0.15, 0.2) is 0 Å². The fraction of sp³-hybridized carbons (Fsp3) is 0.471. The van der Waals surface area contributed by atoms with Gasteiger partial charge in [0.05, 0.1) is 12.7 Å². The molecule has 0 radical (unpaired) electrons. The SMILES string of the molecule is Cc1cc2occ(CC(=O)N3CCNCC3C)c2cc1C. The maximum atomic E-state index is 12.5. The Morgan fingerprint density at radius 2 is 2.14 bits per heavy atom. The first-order valence-corrected chi connectivity index (χ1v) is 7.54. The molecule has 21 heavy (non-hydrogen) atoms. The first-order valence-electron chi connectivity index (χ1n) is 7.54. The van der Waals surface area contributed by atoms with Gasteiger partial charge < -0.3 is 14.6 Å². The lowest BCUT2D eigenvalue weighted by Crippen LogP contribution is -2.52. The van der Waals surface area contributed by atoms with E-state index in [2.05, 4.69) is 32.2 Å². The molecule has 1 atom stereocenters. The van der Waals surface area contributed by atoms with Crippen LogP contribution in [0, 0.1) is 13.8 Å². The smallest absolute Gasteiger partial charge is 0.227 e. The maximum absolute atomic E-state index is 12.5. The normalized spacial score (nSPS) is 19.2. The fourth-order valence-corrected chi connectivity index (χ4v) is 2.95. The number of hydrogen-bond donors (Lipinski definition) is 1. The highest BCUT2D eigenvalue weighted by molar-refractivity contribution is 5.88. The van der Waals surface area contributed by atoms with E-state index in [1.807, 2.05) is 11.0 Å². The van der Waals surface area contributed by atoms with Gasteiger partial charge in [-0.05, 0) is 44.0 Å². The van der Waals surface area contributed by atoms with Gasteiger partial charge in [-0.3, -0.25) is 4.79 Å². The van der Waals surface area contributed by atoms with Gasteiger partial charge in [0.2, 0.25) is 5.91 Å². The van der Waals surface area contributed by atoms with Gasteiger partial charge in [0, 0.05) is 36.6 Å². The molecule has 0 saturated carbocycles. The minimum absolute atomic E-state index is 0.185. The summed E-state index contributed by atoms with van der Waals surface area (Å²) in [7, 11) is 0. The maximum Gasteiger partial charge on any atom is 0.227 e. The quantitative estimate of drug-likeness (QED) is 0.922. The topological polar surface area (TPSA) is 45.5 Å². The largest absolute Gasteiger partial charge is 0.464 e. The number of hydrogen-bond acceptors (Lipinski definition) is 3. The van der Waals surface area contributed by atoms with Crippen LogP contribution in [-0.2, 0) is 11.2 Å². The van der Waals surface area contributed by atoms with Gasteiger partial charge in [-0.15, -0.1) is 0 Å². The number of amides is 1. The van der Waals surface area contributed by atoms with Crippen molar-refractivity contribution in [1.82, 2.24) is 10.2 Å². The fourth-order valence-electron chi connectivity index (χ4n) is 2.95. The van der Waals surface area contributed by atoms with Crippen molar-refractivity contribution in [2.45, 2.75) is 33.2 Å². The van der Waals surface area contributed by atoms with Crippen LogP contribution in [0.25, 0.3) is 11.0 Å². The van der Waals surface area contributed by atoms with Gasteiger partial charge in [0.1, 0.15) is 5.58 Å². The molecule has 0 spiro atoms. The van der Waals surface area contributed by atoms with Gasteiger partial charge in [0.25, 0.3) is 0 Å². The Morgan fingerprint density at radius 1 is 1.38 bits per heavy atom. The van der Waals surface area contributed by atoms with Crippen LogP contribution in [0.15, 0.2) is 22.8 Å². The number of benzene rings is 1. The average Bonchev–Trinajstić information content (AvgIpc) is 2.82. The van der Waals surface area contributed by atoms with Crippen LogP contribution in [0.2, 0.25) is 0 Å². The Morgan fingerprint density at radius 3 is 2.90 bits per heavy atom. The highest BCUT2D eigenvalue weighted by Crippen LogP contribution is 2.25. The third kappa shape index (κ3) is 2.68. The molecule has 2 heterocycles. The van der Waals surface area contributed by atoms with E-state index < -0.39 is 0 Å². The lowest BCUT2D eigenvalue weighted by atomic mass is 10.0. The number of carbonyl (C=O) groups is 1. The lowest BCUT2D eigenvalue weighted by Gasteiger charge is -2.34. The second-order valence-corrected chi connectivity index (χ2v) is 6.01. The predicted octanol–water partition coefficient (Wildman–Crippen LogP) is 2.41. The van der Waals surface area contributed by atoms with E-state index in [1.54, 1.807) is 6.26 Å². The molecule has 4 heteroatoms. The number of furan rings is 1. The minimum atomic E-state index is 0.185. The summed E-state index contributed by atoms with van der Waals surface area (Å²) in [5.74, 6) is 0.185. The van der Waals surface area contributed by atoms with Crippen molar-refractivity contribution < 1.29 is 9.21 Å². The molecule has 1 saturated heterocycles. The molecule has 2 aromatic rings. The lowest BCUT2D eigenvalue weighted by molar-refractivity contribution is -0.133. The highest BCUT2D eigenvalue weighted by Gasteiger charge is 2.24. The van der Waals surface area contributed by atoms with E-state index >= 15 is 0 Å². The molecular weight excluding hydrogens is 264 g/mol. The molecule has 1 aliphatic rings. The molecule has 1 unspecified atom stereocenters. The molecule has 0 aliphatic carbocycles. The summed E-state index contributed by atoms with van der Waals surface area (Å²) in [6.07, 6.45) is 2.15. The number of rotatable bonds is 2. The van der Waals surface area contributed by atoms with Crippen molar-refractivity contribution in [1.29, 1.82) is 0 Å². The Balaban J connectivity index is 1.84. The van der Waals surface area contributed by atoms with Crippen LogP contribution >= 0.6 is 0 Å². The van der Waals surface area contributed by atoms with Gasteiger partial charge >= 0.3 is 0 Å². The van der Waals surface area contributed by atoms with E-state index in [0.29, 0.717) is 6.42 Å². The van der Waals surface area contributed by atoms with Crippen LogP contribution in [-0.4, -0.2) is 36.5 Å². The van der Waals surface area contributed by atoms with Crippen molar-refractivity contribution in [3.05, 3.63) is 35.1 Å². The van der Waals surface area contributed by atoms with Gasteiger partial charge in [-0.25, -0.2) is 0 Å². The van der Waals surface area contributed by atoms with Crippen LogP contribution in [0.1, 0.15) is 23.6 Å². The third-order valence-electron chi connectivity index (χ3n) is 4.43. The Kier molecular flexibility index (Phi) is 3.72. The number of piperazine rings is 1. The summed E-state index contributed by atoms with van der Waals surface area (Å²) in [5, 5.41) is 4.37. The average molecular weight is 286 g/mol. The van der Waals surface area contributed by atoms with Crippen molar-refractivity contribution >= 4 is 16.9 Å².